The summed E-state index contributed by atoms with van der Waals surface area (Å²) in [6.45, 7) is 4.65. The largest absolute Gasteiger partial charge is 0.286 e. The normalized spacial score (nSPS) is 45.8. The molecule has 0 aromatic heterocycles. The van der Waals surface area contributed by atoms with Gasteiger partial charge in [-0.15, -0.1) is 0 Å². The molecule has 1 nitrogen and oxygen atoms in total. The molecular weight excluding hydrogens is 146 g/mol. The van der Waals surface area contributed by atoms with Gasteiger partial charge in [0.2, 0.25) is 0 Å². The SMILES string of the molecule is CC1CCC2(C)N=CC=CC2C1. The second kappa shape index (κ2) is 2.72. The zero-order valence-corrected chi connectivity index (χ0v) is 7.96. The van der Waals surface area contributed by atoms with Crippen LogP contribution in [0.1, 0.15) is 33.1 Å². The molecule has 0 aromatic rings. The number of aliphatic imine (C=N–C) groups is 1. The highest BCUT2D eigenvalue weighted by molar-refractivity contribution is 5.73. The van der Waals surface area contributed by atoms with E-state index < -0.39 is 0 Å². The van der Waals surface area contributed by atoms with Gasteiger partial charge in [-0.2, -0.15) is 0 Å². The minimum absolute atomic E-state index is 0.237. The van der Waals surface area contributed by atoms with Gasteiger partial charge >= 0.3 is 0 Å². The van der Waals surface area contributed by atoms with Crippen molar-refractivity contribution in [2.24, 2.45) is 16.8 Å². The maximum atomic E-state index is 4.61. The number of dihydropyridines is 1. The third-order valence-corrected chi connectivity index (χ3v) is 3.40. The summed E-state index contributed by atoms with van der Waals surface area (Å²) in [7, 11) is 0. The summed E-state index contributed by atoms with van der Waals surface area (Å²) in [6, 6.07) is 0. The molecule has 1 fully saturated rings. The van der Waals surface area contributed by atoms with Crippen LogP contribution in [0, 0.1) is 11.8 Å². The predicted octanol–water partition coefficient (Wildman–Crippen LogP) is 2.82. The second-order valence-electron chi connectivity index (χ2n) is 4.51. The van der Waals surface area contributed by atoms with Crippen molar-refractivity contribution in [3.05, 3.63) is 12.2 Å². The number of hydrogen-bond donors (Lipinski definition) is 0. The van der Waals surface area contributed by atoms with Gasteiger partial charge in [-0.1, -0.05) is 13.0 Å². The molecule has 12 heavy (non-hydrogen) atoms. The quantitative estimate of drug-likeness (QED) is 0.520. The molecule has 1 heteroatoms. The van der Waals surface area contributed by atoms with Gasteiger partial charge in [0.1, 0.15) is 0 Å². The number of fused-ring (bicyclic) bond motifs is 1. The molecule has 3 atom stereocenters. The lowest BCUT2D eigenvalue weighted by Crippen LogP contribution is -2.38. The monoisotopic (exact) mass is 163 g/mol. The Morgan fingerprint density at radius 3 is 3.17 bits per heavy atom. The molecule has 1 aliphatic heterocycles. The number of allylic oxidation sites excluding steroid dienone is 1. The van der Waals surface area contributed by atoms with Gasteiger partial charge in [0.25, 0.3) is 0 Å². The van der Waals surface area contributed by atoms with E-state index in [1.165, 1.54) is 19.3 Å². The van der Waals surface area contributed by atoms with Crippen molar-refractivity contribution >= 4 is 6.21 Å². The highest BCUT2D eigenvalue weighted by atomic mass is 14.9. The molecule has 2 rings (SSSR count). The fourth-order valence-electron chi connectivity index (χ4n) is 2.37. The van der Waals surface area contributed by atoms with Crippen molar-refractivity contribution in [2.45, 2.75) is 38.6 Å². The van der Waals surface area contributed by atoms with Crippen LogP contribution in [-0.2, 0) is 0 Å². The van der Waals surface area contributed by atoms with Gasteiger partial charge in [0.15, 0.2) is 0 Å². The zero-order chi connectivity index (χ0) is 8.60. The van der Waals surface area contributed by atoms with Crippen LogP contribution >= 0.6 is 0 Å². The van der Waals surface area contributed by atoms with Crippen LogP contribution in [0.15, 0.2) is 17.1 Å². The van der Waals surface area contributed by atoms with Gasteiger partial charge in [-0.05, 0) is 38.2 Å². The standard InChI is InChI=1S/C11H17N/c1-9-5-6-11(2)10(8-9)4-3-7-12-11/h3-4,7,9-10H,5-6,8H2,1-2H3. The first-order valence-corrected chi connectivity index (χ1v) is 4.93. The Hall–Kier alpha value is -0.590. The van der Waals surface area contributed by atoms with Crippen molar-refractivity contribution in [2.75, 3.05) is 0 Å². The lowest BCUT2D eigenvalue weighted by atomic mass is 9.70. The van der Waals surface area contributed by atoms with Gasteiger partial charge < -0.3 is 0 Å². The van der Waals surface area contributed by atoms with Gasteiger partial charge in [0, 0.05) is 12.1 Å². The van der Waals surface area contributed by atoms with E-state index in [2.05, 4.69) is 31.0 Å². The second-order valence-corrected chi connectivity index (χ2v) is 4.51. The molecule has 0 spiro atoms. The van der Waals surface area contributed by atoms with E-state index in [9.17, 15) is 0 Å². The highest BCUT2D eigenvalue weighted by Crippen LogP contribution is 2.41. The van der Waals surface area contributed by atoms with Crippen molar-refractivity contribution in [3.8, 4) is 0 Å². The Morgan fingerprint density at radius 1 is 1.50 bits per heavy atom. The Kier molecular flexibility index (Phi) is 1.82. The number of rotatable bonds is 0. The van der Waals surface area contributed by atoms with Gasteiger partial charge in [-0.3, -0.25) is 4.99 Å². The zero-order valence-electron chi connectivity index (χ0n) is 7.96. The average molecular weight is 163 g/mol. The summed E-state index contributed by atoms with van der Waals surface area (Å²) in [6.07, 6.45) is 10.3. The van der Waals surface area contributed by atoms with Crippen molar-refractivity contribution in [3.63, 3.8) is 0 Å². The number of hydrogen-bond acceptors (Lipinski definition) is 1. The van der Waals surface area contributed by atoms with Crippen LogP contribution in [0.3, 0.4) is 0 Å². The van der Waals surface area contributed by atoms with Gasteiger partial charge in [-0.25, -0.2) is 0 Å². The first-order valence-electron chi connectivity index (χ1n) is 4.93. The van der Waals surface area contributed by atoms with Crippen LogP contribution in [0.5, 0.6) is 0 Å². The Labute approximate surface area is 74.6 Å². The third-order valence-electron chi connectivity index (χ3n) is 3.40. The van der Waals surface area contributed by atoms with Crippen LogP contribution in [-0.4, -0.2) is 11.8 Å². The minimum atomic E-state index is 0.237. The lowest BCUT2D eigenvalue weighted by Gasteiger charge is -2.40. The van der Waals surface area contributed by atoms with Crippen molar-refractivity contribution in [1.29, 1.82) is 0 Å². The van der Waals surface area contributed by atoms with Crippen LogP contribution < -0.4 is 0 Å². The van der Waals surface area contributed by atoms with Crippen LogP contribution in [0.2, 0.25) is 0 Å². The van der Waals surface area contributed by atoms with E-state index in [1.807, 2.05) is 6.21 Å². The van der Waals surface area contributed by atoms with E-state index in [4.69, 9.17) is 0 Å². The summed E-state index contributed by atoms with van der Waals surface area (Å²) in [5.41, 5.74) is 0.237. The molecule has 0 radical (unpaired) electrons. The van der Waals surface area contributed by atoms with Crippen molar-refractivity contribution < 1.29 is 0 Å². The Bertz CT molecular complexity index is 229. The molecule has 0 amide bonds. The van der Waals surface area contributed by atoms with E-state index >= 15 is 0 Å². The highest BCUT2D eigenvalue weighted by Gasteiger charge is 2.37. The molecule has 0 saturated heterocycles. The van der Waals surface area contributed by atoms with E-state index in [-0.39, 0.29) is 5.54 Å². The molecule has 3 unspecified atom stereocenters. The van der Waals surface area contributed by atoms with E-state index in [0.717, 1.165) is 5.92 Å². The number of nitrogens with zero attached hydrogens (tertiary/aromatic N) is 1. The summed E-state index contributed by atoms with van der Waals surface area (Å²) < 4.78 is 0. The van der Waals surface area contributed by atoms with E-state index in [0.29, 0.717) is 5.92 Å². The van der Waals surface area contributed by atoms with Crippen LogP contribution in [0.25, 0.3) is 0 Å². The summed E-state index contributed by atoms with van der Waals surface area (Å²) in [4.78, 5) is 4.61. The third kappa shape index (κ3) is 1.21. The summed E-state index contributed by atoms with van der Waals surface area (Å²) in [5.74, 6) is 1.59. The topological polar surface area (TPSA) is 12.4 Å². The van der Waals surface area contributed by atoms with E-state index in [1.54, 1.807) is 0 Å². The first kappa shape index (κ1) is 8.03. The Balaban J connectivity index is 2.19. The molecule has 1 heterocycles. The van der Waals surface area contributed by atoms with Crippen molar-refractivity contribution in [1.82, 2.24) is 0 Å². The Morgan fingerprint density at radius 2 is 2.33 bits per heavy atom. The summed E-state index contributed by atoms with van der Waals surface area (Å²) in [5, 5.41) is 0. The van der Waals surface area contributed by atoms with Gasteiger partial charge in [0.05, 0.1) is 5.54 Å². The lowest BCUT2D eigenvalue weighted by molar-refractivity contribution is 0.204. The molecule has 2 aliphatic rings. The maximum Gasteiger partial charge on any atom is 0.0642 e. The fraction of sp³-hybridized carbons (Fsp3) is 0.727. The predicted molar refractivity (Wildman–Crippen MR) is 52.5 cm³/mol. The smallest absolute Gasteiger partial charge is 0.0642 e. The molecular formula is C11H17N. The molecule has 0 bridgehead atoms. The summed E-state index contributed by atoms with van der Waals surface area (Å²) >= 11 is 0. The minimum Gasteiger partial charge on any atom is -0.286 e. The van der Waals surface area contributed by atoms with Crippen LogP contribution in [0.4, 0.5) is 0 Å². The fourth-order valence-corrected chi connectivity index (χ4v) is 2.37. The molecule has 66 valence electrons. The average Bonchev–Trinajstić information content (AvgIpc) is 2.06. The molecule has 0 aromatic carbocycles. The first-order chi connectivity index (χ1) is 5.71. The molecule has 1 aliphatic carbocycles. The molecule has 1 saturated carbocycles. The molecule has 0 N–H and O–H groups in total. The maximum absolute atomic E-state index is 4.61.